The van der Waals surface area contributed by atoms with Crippen molar-refractivity contribution in [1.29, 1.82) is 0 Å². The van der Waals surface area contributed by atoms with E-state index in [0.29, 0.717) is 6.04 Å². The monoisotopic (exact) mass is 268 g/mol. The Labute approximate surface area is 114 Å². The number of rotatable bonds is 8. The SMILES string of the molecule is CCCNC(Cc1cncs1)CC1(OC)CCC1. The molecule has 0 saturated heterocycles. The molecule has 0 bridgehead atoms. The molecule has 1 atom stereocenters. The molecule has 1 aromatic heterocycles. The Hall–Kier alpha value is -0.450. The van der Waals surface area contributed by atoms with Gasteiger partial charge in [0.05, 0.1) is 11.1 Å². The summed E-state index contributed by atoms with van der Waals surface area (Å²) in [5.41, 5.74) is 2.07. The zero-order valence-electron chi connectivity index (χ0n) is 11.4. The molecule has 1 aromatic rings. The van der Waals surface area contributed by atoms with Gasteiger partial charge in [0.1, 0.15) is 0 Å². The van der Waals surface area contributed by atoms with Crippen molar-refractivity contribution in [2.45, 2.75) is 57.1 Å². The predicted molar refractivity (Wildman–Crippen MR) is 76.1 cm³/mol. The maximum absolute atomic E-state index is 5.75. The highest BCUT2D eigenvalue weighted by atomic mass is 32.1. The second kappa shape index (κ2) is 6.64. The van der Waals surface area contributed by atoms with Crippen molar-refractivity contribution < 1.29 is 4.74 Å². The van der Waals surface area contributed by atoms with Crippen LogP contribution in [0.5, 0.6) is 0 Å². The lowest BCUT2D eigenvalue weighted by molar-refractivity contribution is -0.0833. The Morgan fingerprint density at radius 1 is 1.56 bits per heavy atom. The van der Waals surface area contributed by atoms with Crippen LogP contribution < -0.4 is 5.32 Å². The number of aromatic nitrogens is 1. The maximum Gasteiger partial charge on any atom is 0.0794 e. The number of methoxy groups -OCH3 is 1. The average Bonchev–Trinajstić information content (AvgIpc) is 2.83. The third-order valence-electron chi connectivity index (χ3n) is 3.93. The van der Waals surface area contributed by atoms with Gasteiger partial charge in [-0.05, 0) is 45.1 Å². The fraction of sp³-hybridized carbons (Fsp3) is 0.786. The number of nitrogens with one attached hydrogen (secondary N) is 1. The summed E-state index contributed by atoms with van der Waals surface area (Å²) < 4.78 is 5.75. The van der Waals surface area contributed by atoms with E-state index in [0.717, 1.165) is 19.4 Å². The lowest BCUT2D eigenvalue weighted by atomic mass is 9.75. The Kier molecular flexibility index (Phi) is 5.15. The van der Waals surface area contributed by atoms with E-state index in [4.69, 9.17) is 4.74 Å². The number of thiazole rings is 1. The van der Waals surface area contributed by atoms with Crippen molar-refractivity contribution in [3.05, 3.63) is 16.6 Å². The first-order valence-electron chi connectivity index (χ1n) is 6.94. The minimum Gasteiger partial charge on any atom is -0.378 e. The number of nitrogens with zero attached hydrogens (tertiary/aromatic N) is 1. The summed E-state index contributed by atoms with van der Waals surface area (Å²) in [5, 5.41) is 3.66. The van der Waals surface area contributed by atoms with E-state index in [9.17, 15) is 0 Å². The van der Waals surface area contributed by atoms with Crippen LogP contribution in [0.15, 0.2) is 11.7 Å². The van der Waals surface area contributed by atoms with E-state index in [-0.39, 0.29) is 5.60 Å². The maximum atomic E-state index is 5.75. The molecule has 2 rings (SSSR count). The van der Waals surface area contributed by atoms with Gasteiger partial charge in [-0.3, -0.25) is 4.98 Å². The van der Waals surface area contributed by atoms with E-state index in [1.54, 1.807) is 11.3 Å². The molecule has 4 heteroatoms. The summed E-state index contributed by atoms with van der Waals surface area (Å²) in [5.74, 6) is 0. The van der Waals surface area contributed by atoms with Crippen LogP contribution in [0.2, 0.25) is 0 Å². The third kappa shape index (κ3) is 3.53. The van der Waals surface area contributed by atoms with E-state index in [1.807, 2.05) is 18.8 Å². The minimum absolute atomic E-state index is 0.149. The van der Waals surface area contributed by atoms with Crippen molar-refractivity contribution in [3.8, 4) is 0 Å². The van der Waals surface area contributed by atoms with Gasteiger partial charge in [-0.1, -0.05) is 6.92 Å². The molecule has 1 aliphatic carbocycles. The smallest absolute Gasteiger partial charge is 0.0794 e. The first-order valence-corrected chi connectivity index (χ1v) is 7.82. The molecule has 18 heavy (non-hydrogen) atoms. The molecule has 1 fully saturated rings. The standard InChI is InChI=1S/C14H24N2OS/c1-3-7-16-12(8-13-10-15-11-18-13)9-14(17-2)5-4-6-14/h10-12,16H,3-9H2,1-2H3. The third-order valence-corrected chi connectivity index (χ3v) is 4.73. The van der Waals surface area contributed by atoms with Crippen molar-refractivity contribution in [2.75, 3.05) is 13.7 Å². The summed E-state index contributed by atoms with van der Waals surface area (Å²) in [6.07, 6.45) is 9.13. The summed E-state index contributed by atoms with van der Waals surface area (Å²) in [4.78, 5) is 5.54. The van der Waals surface area contributed by atoms with Gasteiger partial charge in [-0.15, -0.1) is 11.3 Å². The average molecular weight is 268 g/mol. The summed E-state index contributed by atoms with van der Waals surface area (Å²) in [6.45, 7) is 3.30. The van der Waals surface area contributed by atoms with Gasteiger partial charge in [0.2, 0.25) is 0 Å². The predicted octanol–water partition coefficient (Wildman–Crippen LogP) is 3.01. The molecule has 0 radical (unpaired) electrons. The lowest BCUT2D eigenvalue weighted by Gasteiger charge is -2.43. The quantitative estimate of drug-likeness (QED) is 0.787. The molecule has 102 valence electrons. The molecule has 0 amide bonds. The second-order valence-electron chi connectivity index (χ2n) is 5.27. The molecule has 3 nitrogen and oxygen atoms in total. The van der Waals surface area contributed by atoms with Crippen LogP contribution >= 0.6 is 11.3 Å². The van der Waals surface area contributed by atoms with Gasteiger partial charge in [-0.25, -0.2) is 0 Å². The van der Waals surface area contributed by atoms with E-state index < -0.39 is 0 Å². The largest absolute Gasteiger partial charge is 0.378 e. The van der Waals surface area contributed by atoms with Gasteiger partial charge in [0.15, 0.2) is 0 Å². The fourth-order valence-corrected chi connectivity index (χ4v) is 3.34. The van der Waals surface area contributed by atoms with Crippen LogP contribution in [0.3, 0.4) is 0 Å². The first-order chi connectivity index (χ1) is 8.78. The number of ether oxygens (including phenoxy) is 1. The molecule has 0 aliphatic heterocycles. The van der Waals surface area contributed by atoms with Crippen molar-refractivity contribution in [3.63, 3.8) is 0 Å². The van der Waals surface area contributed by atoms with Crippen LogP contribution in [0.4, 0.5) is 0 Å². The summed E-state index contributed by atoms with van der Waals surface area (Å²) >= 11 is 1.75. The van der Waals surface area contributed by atoms with Crippen LogP contribution in [0.25, 0.3) is 0 Å². The normalized spacial score (nSPS) is 19.4. The van der Waals surface area contributed by atoms with Gasteiger partial charge >= 0.3 is 0 Å². The van der Waals surface area contributed by atoms with Crippen molar-refractivity contribution in [1.82, 2.24) is 10.3 Å². The van der Waals surface area contributed by atoms with Gasteiger partial charge in [0.25, 0.3) is 0 Å². The Balaban J connectivity index is 1.91. The lowest BCUT2D eigenvalue weighted by Crippen LogP contribution is -2.46. The molecule has 0 spiro atoms. The Morgan fingerprint density at radius 3 is 2.89 bits per heavy atom. The molecule has 1 saturated carbocycles. The van der Waals surface area contributed by atoms with E-state index in [1.165, 1.54) is 30.6 Å². The summed E-state index contributed by atoms with van der Waals surface area (Å²) in [7, 11) is 1.86. The van der Waals surface area contributed by atoms with E-state index in [2.05, 4.69) is 17.2 Å². The molecular formula is C14H24N2OS. The topological polar surface area (TPSA) is 34.2 Å². The van der Waals surface area contributed by atoms with Crippen LogP contribution in [0, 0.1) is 0 Å². The van der Waals surface area contributed by atoms with Crippen LogP contribution in [0.1, 0.15) is 43.9 Å². The van der Waals surface area contributed by atoms with Crippen molar-refractivity contribution in [2.24, 2.45) is 0 Å². The highest BCUT2D eigenvalue weighted by molar-refractivity contribution is 7.09. The van der Waals surface area contributed by atoms with E-state index >= 15 is 0 Å². The van der Waals surface area contributed by atoms with Crippen molar-refractivity contribution >= 4 is 11.3 Å². The van der Waals surface area contributed by atoms with Gasteiger partial charge in [0, 0.05) is 24.2 Å². The minimum atomic E-state index is 0.149. The zero-order chi connectivity index (χ0) is 12.8. The Bertz CT molecular complexity index is 330. The molecule has 0 aromatic carbocycles. The highest BCUT2D eigenvalue weighted by Gasteiger charge is 2.38. The second-order valence-corrected chi connectivity index (χ2v) is 6.24. The van der Waals surface area contributed by atoms with Gasteiger partial charge < -0.3 is 10.1 Å². The molecule has 1 N–H and O–H groups in total. The van der Waals surface area contributed by atoms with Crippen LogP contribution in [-0.2, 0) is 11.2 Å². The molecule has 1 heterocycles. The highest BCUT2D eigenvalue weighted by Crippen LogP contribution is 2.39. The zero-order valence-corrected chi connectivity index (χ0v) is 12.3. The Morgan fingerprint density at radius 2 is 2.39 bits per heavy atom. The molecular weight excluding hydrogens is 244 g/mol. The first kappa shape index (κ1) is 14.0. The number of hydrogen-bond acceptors (Lipinski definition) is 4. The molecule has 1 aliphatic rings. The number of hydrogen-bond donors (Lipinski definition) is 1. The fourth-order valence-electron chi connectivity index (χ4n) is 2.66. The van der Waals surface area contributed by atoms with Crippen LogP contribution in [-0.4, -0.2) is 30.3 Å². The molecule has 1 unspecified atom stereocenters. The summed E-state index contributed by atoms with van der Waals surface area (Å²) in [6, 6.07) is 0.519. The van der Waals surface area contributed by atoms with Gasteiger partial charge in [-0.2, -0.15) is 0 Å².